The second-order valence-electron chi connectivity index (χ2n) is 4.29. The zero-order valence-corrected chi connectivity index (χ0v) is 12.6. The number of hydrogen-bond donors (Lipinski definition) is 0. The van der Waals surface area contributed by atoms with Gasteiger partial charge in [0.2, 0.25) is 5.91 Å². The third-order valence-corrected chi connectivity index (χ3v) is 3.57. The quantitative estimate of drug-likeness (QED) is 0.620. The Morgan fingerprint density at radius 1 is 1.42 bits per heavy atom. The van der Waals surface area contributed by atoms with Crippen LogP contribution in [0.25, 0.3) is 0 Å². The molecule has 0 fully saturated rings. The normalized spacial score (nSPS) is 10.6. The fourth-order valence-electron chi connectivity index (χ4n) is 1.58. The van der Waals surface area contributed by atoms with Gasteiger partial charge in [-0.1, -0.05) is 19.4 Å². The molecule has 1 heterocycles. The molecule has 0 N–H and O–H groups in total. The van der Waals surface area contributed by atoms with Crippen molar-refractivity contribution in [1.29, 1.82) is 0 Å². The summed E-state index contributed by atoms with van der Waals surface area (Å²) in [5, 5.41) is 2.02. The number of rotatable bonds is 10. The van der Waals surface area contributed by atoms with E-state index in [2.05, 4.69) is 6.92 Å². The van der Waals surface area contributed by atoms with Crippen LogP contribution in [0.15, 0.2) is 17.5 Å². The molecule has 0 saturated heterocycles. The summed E-state index contributed by atoms with van der Waals surface area (Å²) in [4.78, 5) is 15.1. The van der Waals surface area contributed by atoms with Crippen LogP contribution in [0.2, 0.25) is 0 Å². The summed E-state index contributed by atoms with van der Waals surface area (Å²) < 4.78 is 10.4. The number of thiophene rings is 1. The summed E-state index contributed by atoms with van der Waals surface area (Å²) in [6.07, 6.45) is 2.08. The van der Waals surface area contributed by atoms with Crippen LogP contribution in [0.3, 0.4) is 0 Å². The average molecular weight is 285 g/mol. The lowest BCUT2D eigenvalue weighted by atomic mass is 10.3. The first-order valence-corrected chi connectivity index (χ1v) is 7.52. The van der Waals surface area contributed by atoms with Gasteiger partial charge in [-0.3, -0.25) is 4.79 Å². The predicted octanol–water partition coefficient (Wildman–Crippen LogP) is 2.54. The predicted molar refractivity (Wildman–Crippen MR) is 77.3 cm³/mol. The lowest BCUT2D eigenvalue weighted by molar-refractivity contribution is -0.137. The number of methoxy groups -OCH3 is 1. The zero-order chi connectivity index (χ0) is 13.9. The Balaban J connectivity index is 2.40. The maximum Gasteiger partial charge on any atom is 0.248 e. The van der Waals surface area contributed by atoms with Gasteiger partial charge in [-0.2, -0.15) is 0 Å². The first-order valence-electron chi connectivity index (χ1n) is 6.64. The van der Waals surface area contributed by atoms with E-state index in [1.807, 2.05) is 17.5 Å². The highest BCUT2D eigenvalue weighted by Gasteiger charge is 2.14. The smallest absolute Gasteiger partial charge is 0.248 e. The number of ether oxygens (including phenoxy) is 2. The van der Waals surface area contributed by atoms with Gasteiger partial charge in [-0.25, -0.2) is 0 Å². The van der Waals surface area contributed by atoms with Crippen LogP contribution in [-0.4, -0.2) is 44.3 Å². The Labute approximate surface area is 119 Å². The maximum atomic E-state index is 12.1. The van der Waals surface area contributed by atoms with E-state index in [1.54, 1.807) is 23.3 Å². The van der Waals surface area contributed by atoms with Gasteiger partial charge < -0.3 is 14.4 Å². The van der Waals surface area contributed by atoms with Gasteiger partial charge in [0.1, 0.15) is 6.61 Å². The molecule has 0 aliphatic carbocycles. The van der Waals surface area contributed by atoms with Crippen molar-refractivity contribution in [3.63, 3.8) is 0 Å². The Kier molecular flexibility index (Phi) is 8.45. The zero-order valence-electron chi connectivity index (χ0n) is 11.8. The van der Waals surface area contributed by atoms with Crippen molar-refractivity contribution in [2.45, 2.75) is 26.3 Å². The minimum atomic E-state index is 0.0292. The summed E-state index contributed by atoms with van der Waals surface area (Å²) in [6.45, 7) is 4.70. The first kappa shape index (κ1) is 16.1. The Bertz CT molecular complexity index is 340. The molecule has 1 aromatic rings. The van der Waals surface area contributed by atoms with Crippen molar-refractivity contribution in [3.05, 3.63) is 22.4 Å². The monoisotopic (exact) mass is 285 g/mol. The van der Waals surface area contributed by atoms with Gasteiger partial charge in [-0.05, 0) is 17.9 Å². The molecular formula is C14H23NO3S. The lowest BCUT2D eigenvalue weighted by Crippen LogP contribution is -2.36. The maximum absolute atomic E-state index is 12.1. The minimum absolute atomic E-state index is 0.0292. The Morgan fingerprint density at radius 2 is 2.26 bits per heavy atom. The van der Waals surface area contributed by atoms with E-state index >= 15 is 0 Å². The van der Waals surface area contributed by atoms with Crippen LogP contribution in [0.5, 0.6) is 0 Å². The molecule has 0 radical (unpaired) electrons. The van der Waals surface area contributed by atoms with Crippen LogP contribution in [0, 0.1) is 0 Å². The number of nitrogens with zero attached hydrogens (tertiary/aromatic N) is 1. The summed E-state index contributed by atoms with van der Waals surface area (Å²) in [5.74, 6) is 0.0292. The molecule has 0 spiro atoms. The third-order valence-electron chi connectivity index (χ3n) is 2.71. The highest BCUT2D eigenvalue weighted by atomic mass is 32.1. The van der Waals surface area contributed by atoms with Gasteiger partial charge in [0.05, 0.1) is 13.2 Å². The number of unbranched alkanes of at least 4 members (excludes halogenated alkanes) is 1. The number of amides is 1. The minimum Gasteiger partial charge on any atom is -0.383 e. The van der Waals surface area contributed by atoms with Crippen molar-refractivity contribution >= 4 is 17.2 Å². The number of hydrogen-bond acceptors (Lipinski definition) is 4. The molecule has 0 bridgehead atoms. The SMILES string of the molecule is CCCCOCC(=O)N(CCOC)Cc1cccs1. The molecule has 4 nitrogen and oxygen atoms in total. The van der Waals surface area contributed by atoms with Crippen molar-refractivity contribution in [2.75, 3.05) is 33.5 Å². The molecule has 0 atom stereocenters. The fourth-order valence-corrected chi connectivity index (χ4v) is 2.30. The molecule has 5 heteroatoms. The van der Waals surface area contributed by atoms with E-state index in [4.69, 9.17) is 9.47 Å². The average Bonchev–Trinajstić information content (AvgIpc) is 2.92. The van der Waals surface area contributed by atoms with E-state index in [-0.39, 0.29) is 12.5 Å². The second kappa shape index (κ2) is 9.95. The summed E-state index contributed by atoms with van der Waals surface area (Å²) >= 11 is 1.66. The van der Waals surface area contributed by atoms with Crippen LogP contribution in [0.4, 0.5) is 0 Å². The van der Waals surface area contributed by atoms with Gasteiger partial charge >= 0.3 is 0 Å². The molecule has 0 saturated carbocycles. The Morgan fingerprint density at radius 3 is 2.89 bits per heavy atom. The molecule has 0 aliphatic heterocycles. The summed E-state index contributed by atoms with van der Waals surface area (Å²) in [5.41, 5.74) is 0. The van der Waals surface area contributed by atoms with Crippen LogP contribution in [-0.2, 0) is 20.8 Å². The first-order chi connectivity index (χ1) is 9.27. The van der Waals surface area contributed by atoms with Crippen molar-refractivity contribution in [1.82, 2.24) is 4.90 Å². The van der Waals surface area contributed by atoms with E-state index in [0.717, 1.165) is 12.8 Å². The van der Waals surface area contributed by atoms with Crippen LogP contribution < -0.4 is 0 Å². The molecule has 0 aromatic carbocycles. The van der Waals surface area contributed by atoms with Crippen molar-refractivity contribution in [3.8, 4) is 0 Å². The lowest BCUT2D eigenvalue weighted by Gasteiger charge is -2.21. The highest BCUT2D eigenvalue weighted by molar-refractivity contribution is 7.09. The van der Waals surface area contributed by atoms with Crippen LogP contribution >= 0.6 is 11.3 Å². The molecule has 1 aromatic heterocycles. The van der Waals surface area contributed by atoms with Crippen molar-refractivity contribution in [2.24, 2.45) is 0 Å². The largest absolute Gasteiger partial charge is 0.383 e. The molecule has 19 heavy (non-hydrogen) atoms. The van der Waals surface area contributed by atoms with E-state index in [9.17, 15) is 4.79 Å². The Hall–Kier alpha value is -0.910. The molecule has 0 unspecified atom stereocenters. The summed E-state index contributed by atoms with van der Waals surface area (Å²) in [7, 11) is 1.64. The molecule has 0 aliphatic rings. The summed E-state index contributed by atoms with van der Waals surface area (Å²) in [6, 6.07) is 4.03. The van der Waals surface area contributed by atoms with E-state index < -0.39 is 0 Å². The van der Waals surface area contributed by atoms with Crippen molar-refractivity contribution < 1.29 is 14.3 Å². The van der Waals surface area contributed by atoms with Crippen LogP contribution in [0.1, 0.15) is 24.6 Å². The number of carbonyl (C=O) groups excluding carboxylic acids is 1. The van der Waals surface area contributed by atoms with Gasteiger partial charge in [-0.15, -0.1) is 11.3 Å². The van der Waals surface area contributed by atoms with Gasteiger partial charge in [0.25, 0.3) is 0 Å². The second-order valence-corrected chi connectivity index (χ2v) is 5.33. The fraction of sp³-hybridized carbons (Fsp3) is 0.643. The number of carbonyl (C=O) groups is 1. The highest BCUT2D eigenvalue weighted by Crippen LogP contribution is 2.12. The molecule has 108 valence electrons. The molecule has 1 amide bonds. The topological polar surface area (TPSA) is 38.8 Å². The van der Waals surface area contributed by atoms with Gasteiger partial charge in [0.15, 0.2) is 0 Å². The molecular weight excluding hydrogens is 262 g/mol. The molecule has 1 rings (SSSR count). The third kappa shape index (κ3) is 6.71. The van der Waals surface area contributed by atoms with E-state index in [1.165, 1.54) is 4.88 Å². The van der Waals surface area contributed by atoms with Gasteiger partial charge in [0, 0.05) is 25.1 Å². The standard InChI is InChI=1S/C14H23NO3S/c1-3-4-8-18-12-14(16)15(7-9-17-2)11-13-6-5-10-19-13/h5-6,10H,3-4,7-9,11-12H2,1-2H3. The van der Waals surface area contributed by atoms with E-state index in [0.29, 0.717) is 26.3 Å².